The number of hydrogen-bond donors (Lipinski definition) is 1. The van der Waals surface area contributed by atoms with E-state index in [2.05, 4.69) is 5.43 Å². The molecule has 1 fully saturated rings. The fourth-order valence-electron chi connectivity index (χ4n) is 2.33. The van der Waals surface area contributed by atoms with Crippen LogP contribution in [0.5, 0.6) is 0 Å². The smallest absolute Gasteiger partial charge is 0.267 e. The van der Waals surface area contributed by atoms with Gasteiger partial charge in [-0.25, -0.2) is 9.40 Å². The maximum absolute atomic E-state index is 12.9. The van der Waals surface area contributed by atoms with Gasteiger partial charge >= 0.3 is 0 Å². The summed E-state index contributed by atoms with van der Waals surface area (Å²) in [5.41, 5.74) is 5.90. The van der Waals surface area contributed by atoms with E-state index in [1.165, 1.54) is 35.4 Å². The third-order valence-corrected chi connectivity index (χ3v) is 3.82. The molecule has 0 saturated carbocycles. The number of halogens is 1. The maximum Gasteiger partial charge on any atom is 0.282 e. The number of nitrogens with one attached hydrogen (secondary N) is 1. The van der Waals surface area contributed by atoms with Crippen LogP contribution in [0.15, 0.2) is 48.0 Å². The first-order chi connectivity index (χ1) is 11.0. The van der Waals surface area contributed by atoms with Gasteiger partial charge in [0.1, 0.15) is 11.4 Å². The first-order valence-corrected chi connectivity index (χ1v) is 7.15. The van der Waals surface area contributed by atoms with Crippen LogP contribution in [-0.4, -0.2) is 11.8 Å². The van der Waals surface area contributed by atoms with E-state index >= 15 is 0 Å². The standard InChI is InChI=1S/C18H15FN2O2/c1-11-3-8-15(9-12(11)2)21-18(23)16(17(22)20-21)10-13-4-6-14(19)7-5-13/h3-10H,1-2H3,(H,20,22)/b16-10-. The summed E-state index contributed by atoms with van der Waals surface area (Å²) < 4.78 is 12.9. The highest BCUT2D eigenvalue weighted by Crippen LogP contribution is 2.23. The van der Waals surface area contributed by atoms with E-state index in [1.807, 2.05) is 26.0 Å². The van der Waals surface area contributed by atoms with Gasteiger partial charge in [-0.15, -0.1) is 0 Å². The molecule has 0 unspecified atom stereocenters. The number of carbonyl (C=O) groups excluding carboxylic acids is 2. The molecule has 1 aliphatic heterocycles. The quantitative estimate of drug-likeness (QED) is 0.685. The van der Waals surface area contributed by atoms with Gasteiger partial charge in [0.2, 0.25) is 0 Å². The molecule has 2 aromatic rings. The van der Waals surface area contributed by atoms with Crippen LogP contribution < -0.4 is 10.4 Å². The Morgan fingerprint density at radius 1 is 1.00 bits per heavy atom. The molecule has 1 N–H and O–H groups in total. The van der Waals surface area contributed by atoms with E-state index in [9.17, 15) is 14.0 Å². The molecule has 0 radical (unpaired) electrons. The molecule has 2 amide bonds. The van der Waals surface area contributed by atoms with Gasteiger partial charge in [-0.3, -0.25) is 15.0 Å². The maximum atomic E-state index is 12.9. The fourth-order valence-corrected chi connectivity index (χ4v) is 2.33. The first kappa shape index (κ1) is 15.0. The summed E-state index contributed by atoms with van der Waals surface area (Å²) in [7, 11) is 0. The average Bonchev–Trinajstić information content (AvgIpc) is 2.80. The molecule has 4 nitrogen and oxygen atoms in total. The molecule has 3 rings (SSSR count). The van der Waals surface area contributed by atoms with Gasteiger partial charge in [0, 0.05) is 0 Å². The highest BCUT2D eigenvalue weighted by Gasteiger charge is 2.34. The second-order valence-electron chi connectivity index (χ2n) is 5.46. The number of carbonyl (C=O) groups is 2. The largest absolute Gasteiger partial charge is 0.282 e. The lowest BCUT2D eigenvalue weighted by Gasteiger charge is -2.15. The second kappa shape index (κ2) is 5.68. The van der Waals surface area contributed by atoms with Crippen LogP contribution >= 0.6 is 0 Å². The molecule has 23 heavy (non-hydrogen) atoms. The van der Waals surface area contributed by atoms with Crippen molar-refractivity contribution in [2.45, 2.75) is 13.8 Å². The van der Waals surface area contributed by atoms with Gasteiger partial charge in [0.15, 0.2) is 0 Å². The van der Waals surface area contributed by atoms with Crippen molar-refractivity contribution in [1.29, 1.82) is 0 Å². The van der Waals surface area contributed by atoms with Gasteiger partial charge in [-0.05, 0) is 60.9 Å². The summed E-state index contributed by atoms with van der Waals surface area (Å²) in [6.45, 7) is 3.92. The van der Waals surface area contributed by atoms with Crippen molar-refractivity contribution in [2.75, 3.05) is 5.01 Å². The molecule has 116 valence electrons. The summed E-state index contributed by atoms with van der Waals surface area (Å²) >= 11 is 0. The molecular formula is C18H15FN2O2. The normalized spacial score (nSPS) is 16.1. The van der Waals surface area contributed by atoms with E-state index in [-0.39, 0.29) is 11.4 Å². The Hall–Kier alpha value is -2.95. The number of aryl methyl sites for hydroxylation is 2. The number of anilines is 1. The van der Waals surface area contributed by atoms with Gasteiger partial charge in [-0.2, -0.15) is 0 Å². The Balaban J connectivity index is 1.93. The summed E-state index contributed by atoms with van der Waals surface area (Å²) in [5.74, 6) is -1.27. The van der Waals surface area contributed by atoms with Crippen LogP contribution in [0.3, 0.4) is 0 Å². The van der Waals surface area contributed by atoms with Gasteiger partial charge < -0.3 is 0 Å². The second-order valence-corrected chi connectivity index (χ2v) is 5.46. The molecule has 0 atom stereocenters. The zero-order valence-electron chi connectivity index (χ0n) is 12.8. The van der Waals surface area contributed by atoms with Crippen molar-refractivity contribution in [2.24, 2.45) is 0 Å². The Bertz CT molecular complexity index is 825. The Morgan fingerprint density at radius 3 is 2.35 bits per heavy atom. The van der Waals surface area contributed by atoms with Crippen molar-refractivity contribution in [1.82, 2.24) is 5.43 Å². The number of nitrogens with zero attached hydrogens (tertiary/aromatic N) is 1. The van der Waals surface area contributed by atoms with Crippen LogP contribution in [0.25, 0.3) is 6.08 Å². The molecule has 2 aromatic carbocycles. The number of hydrogen-bond acceptors (Lipinski definition) is 2. The predicted molar refractivity (Wildman–Crippen MR) is 85.9 cm³/mol. The Morgan fingerprint density at radius 2 is 1.70 bits per heavy atom. The van der Waals surface area contributed by atoms with Crippen LogP contribution in [-0.2, 0) is 9.59 Å². The Kier molecular flexibility index (Phi) is 3.70. The first-order valence-electron chi connectivity index (χ1n) is 7.15. The lowest BCUT2D eigenvalue weighted by Crippen LogP contribution is -2.35. The number of hydrazine groups is 1. The van der Waals surface area contributed by atoms with Crippen LogP contribution in [0.1, 0.15) is 16.7 Å². The lowest BCUT2D eigenvalue weighted by atomic mass is 10.1. The Labute approximate surface area is 133 Å². The van der Waals surface area contributed by atoms with Crippen molar-refractivity contribution < 1.29 is 14.0 Å². The molecular weight excluding hydrogens is 295 g/mol. The van der Waals surface area contributed by atoms with E-state index in [0.717, 1.165) is 11.1 Å². The molecule has 0 aromatic heterocycles. The third-order valence-electron chi connectivity index (χ3n) is 3.82. The van der Waals surface area contributed by atoms with Gasteiger partial charge in [0.25, 0.3) is 11.8 Å². The number of rotatable bonds is 2. The SMILES string of the molecule is Cc1ccc(N2NC(=O)/C(=C/c3ccc(F)cc3)C2=O)cc1C. The van der Waals surface area contributed by atoms with Crippen LogP contribution in [0.4, 0.5) is 10.1 Å². The zero-order valence-corrected chi connectivity index (χ0v) is 12.8. The minimum atomic E-state index is -0.474. The average molecular weight is 310 g/mol. The molecule has 0 bridgehead atoms. The monoisotopic (exact) mass is 310 g/mol. The van der Waals surface area contributed by atoms with E-state index < -0.39 is 11.8 Å². The minimum Gasteiger partial charge on any atom is -0.267 e. The molecule has 1 aliphatic rings. The highest BCUT2D eigenvalue weighted by molar-refractivity contribution is 6.31. The topological polar surface area (TPSA) is 49.4 Å². The van der Waals surface area contributed by atoms with Crippen molar-refractivity contribution in [3.63, 3.8) is 0 Å². The van der Waals surface area contributed by atoms with E-state index in [0.29, 0.717) is 11.3 Å². The lowest BCUT2D eigenvalue weighted by molar-refractivity contribution is -0.117. The van der Waals surface area contributed by atoms with Crippen LogP contribution in [0, 0.1) is 19.7 Å². The van der Waals surface area contributed by atoms with Crippen molar-refractivity contribution in [3.8, 4) is 0 Å². The van der Waals surface area contributed by atoms with E-state index in [4.69, 9.17) is 0 Å². The zero-order chi connectivity index (χ0) is 16.6. The molecule has 0 aliphatic carbocycles. The van der Waals surface area contributed by atoms with Crippen molar-refractivity contribution in [3.05, 3.63) is 70.5 Å². The molecule has 1 saturated heterocycles. The molecule has 5 heteroatoms. The van der Waals surface area contributed by atoms with Crippen molar-refractivity contribution >= 4 is 23.6 Å². The fraction of sp³-hybridized carbons (Fsp3) is 0.111. The summed E-state index contributed by atoms with van der Waals surface area (Å²) in [5, 5.41) is 1.23. The minimum absolute atomic E-state index is 0.0230. The molecule has 1 heterocycles. The summed E-state index contributed by atoms with van der Waals surface area (Å²) in [4.78, 5) is 24.6. The highest BCUT2D eigenvalue weighted by atomic mass is 19.1. The molecule has 0 spiro atoms. The third kappa shape index (κ3) is 2.85. The number of amides is 2. The van der Waals surface area contributed by atoms with E-state index in [1.54, 1.807) is 6.07 Å². The number of benzene rings is 2. The van der Waals surface area contributed by atoms with Gasteiger partial charge in [-0.1, -0.05) is 18.2 Å². The van der Waals surface area contributed by atoms with Gasteiger partial charge in [0.05, 0.1) is 5.69 Å². The van der Waals surface area contributed by atoms with Crippen LogP contribution in [0.2, 0.25) is 0 Å². The predicted octanol–water partition coefficient (Wildman–Crippen LogP) is 2.90. The summed E-state index contributed by atoms with van der Waals surface area (Å²) in [6, 6.07) is 11.1. The summed E-state index contributed by atoms with van der Waals surface area (Å²) in [6.07, 6.45) is 1.46.